The van der Waals surface area contributed by atoms with E-state index in [-0.39, 0.29) is 12.0 Å². The van der Waals surface area contributed by atoms with Gasteiger partial charge >= 0.3 is 6.18 Å². The monoisotopic (exact) mass is 329 g/mol. The maximum Gasteiger partial charge on any atom is 0.416 e. The second kappa shape index (κ2) is 5.86. The summed E-state index contributed by atoms with van der Waals surface area (Å²) < 4.78 is 39.7. The number of hydrogen-bond donors (Lipinski definition) is 1. The van der Waals surface area contributed by atoms with Gasteiger partial charge in [0.1, 0.15) is 0 Å². The summed E-state index contributed by atoms with van der Waals surface area (Å²) in [4.78, 5) is 0. The highest BCUT2D eigenvalue weighted by atomic mass is 19.4. The van der Waals surface area contributed by atoms with E-state index in [0.717, 1.165) is 34.0 Å². The Morgan fingerprint density at radius 3 is 2.46 bits per heavy atom. The molecular weight excluding hydrogens is 311 g/mol. The van der Waals surface area contributed by atoms with E-state index < -0.39 is 11.7 Å². The van der Waals surface area contributed by atoms with Gasteiger partial charge in [0.25, 0.3) is 0 Å². The fourth-order valence-electron chi connectivity index (χ4n) is 3.08. The molecular formula is C20H18F3N. The van der Waals surface area contributed by atoms with Crippen LogP contribution < -0.4 is 5.32 Å². The van der Waals surface area contributed by atoms with Crippen LogP contribution in [0.5, 0.6) is 0 Å². The number of fused-ring (bicyclic) bond motifs is 1. The first-order valence-corrected chi connectivity index (χ1v) is 7.69. The maximum absolute atomic E-state index is 13.2. The van der Waals surface area contributed by atoms with Gasteiger partial charge in [-0.15, -0.1) is 0 Å². The first-order valence-electron chi connectivity index (χ1n) is 7.69. The van der Waals surface area contributed by atoms with Crippen molar-refractivity contribution < 1.29 is 13.2 Å². The van der Waals surface area contributed by atoms with Crippen molar-refractivity contribution in [2.24, 2.45) is 0 Å². The Hall–Kier alpha value is -2.49. The number of anilines is 1. The van der Waals surface area contributed by atoms with Crippen molar-refractivity contribution in [1.82, 2.24) is 0 Å². The fourth-order valence-corrected chi connectivity index (χ4v) is 3.08. The van der Waals surface area contributed by atoms with E-state index in [4.69, 9.17) is 0 Å². The van der Waals surface area contributed by atoms with Crippen LogP contribution in [0.3, 0.4) is 0 Å². The molecule has 0 saturated heterocycles. The molecule has 1 aliphatic heterocycles. The van der Waals surface area contributed by atoms with Gasteiger partial charge < -0.3 is 5.32 Å². The van der Waals surface area contributed by atoms with Crippen molar-refractivity contribution in [3.05, 3.63) is 82.6 Å². The SMILES string of the molecule is C=C1Nc2ccc(C)cc2C(C)=C1Cc1ccccc1C(F)(F)F. The number of halogens is 3. The van der Waals surface area contributed by atoms with Crippen LogP contribution in [0.2, 0.25) is 0 Å². The van der Waals surface area contributed by atoms with Crippen molar-refractivity contribution in [3.63, 3.8) is 0 Å². The molecule has 0 spiro atoms. The van der Waals surface area contributed by atoms with Crippen LogP contribution in [0.4, 0.5) is 18.9 Å². The predicted octanol–water partition coefficient (Wildman–Crippen LogP) is 5.97. The number of hydrogen-bond acceptors (Lipinski definition) is 1. The highest BCUT2D eigenvalue weighted by molar-refractivity contribution is 5.85. The van der Waals surface area contributed by atoms with Crippen LogP contribution >= 0.6 is 0 Å². The molecule has 0 atom stereocenters. The third kappa shape index (κ3) is 2.96. The van der Waals surface area contributed by atoms with Crippen LogP contribution in [0.1, 0.15) is 29.2 Å². The molecule has 0 fully saturated rings. The lowest BCUT2D eigenvalue weighted by atomic mass is 9.88. The third-order valence-corrected chi connectivity index (χ3v) is 4.37. The lowest BCUT2D eigenvalue weighted by Gasteiger charge is -2.26. The number of allylic oxidation sites excluding steroid dienone is 2. The first-order chi connectivity index (χ1) is 11.3. The molecule has 3 rings (SSSR count). The summed E-state index contributed by atoms with van der Waals surface area (Å²) in [6, 6.07) is 11.7. The van der Waals surface area contributed by atoms with Gasteiger partial charge in [-0.05, 0) is 48.8 Å². The zero-order chi connectivity index (χ0) is 17.5. The van der Waals surface area contributed by atoms with Crippen molar-refractivity contribution in [2.75, 3.05) is 5.32 Å². The minimum Gasteiger partial charge on any atom is -0.355 e. The van der Waals surface area contributed by atoms with Crippen molar-refractivity contribution >= 4 is 11.3 Å². The summed E-state index contributed by atoms with van der Waals surface area (Å²) in [6.45, 7) is 7.94. The van der Waals surface area contributed by atoms with Crippen molar-refractivity contribution in [1.29, 1.82) is 0 Å². The van der Waals surface area contributed by atoms with E-state index in [0.29, 0.717) is 5.70 Å². The fraction of sp³-hybridized carbons (Fsp3) is 0.200. The Labute approximate surface area is 139 Å². The summed E-state index contributed by atoms with van der Waals surface area (Å²) >= 11 is 0. The Balaban J connectivity index is 2.07. The minimum atomic E-state index is -4.36. The molecule has 24 heavy (non-hydrogen) atoms. The average molecular weight is 329 g/mol. The number of benzene rings is 2. The number of aryl methyl sites for hydroxylation is 1. The zero-order valence-electron chi connectivity index (χ0n) is 13.6. The quantitative estimate of drug-likeness (QED) is 0.716. The Kier molecular flexibility index (Phi) is 3.99. The Bertz CT molecular complexity index is 844. The molecule has 0 unspecified atom stereocenters. The van der Waals surface area contributed by atoms with E-state index in [1.54, 1.807) is 6.07 Å². The molecule has 124 valence electrons. The second-order valence-corrected chi connectivity index (χ2v) is 6.09. The van der Waals surface area contributed by atoms with Crippen molar-refractivity contribution in [2.45, 2.75) is 26.4 Å². The largest absolute Gasteiger partial charge is 0.416 e. The molecule has 0 aliphatic carbocycles. The van der Waals surface area contributed by atoms with Gasteiger partial charge in [0.05, 0.1) is 5.56 Å². The highest BCUT2D eigenvalue weighted by Gasteiger charge is 2.33. The predicted molar refractivity (Wildman–Crippen MR) is 91.7 cm³/mol. The lowest BCUT2D eigenvalue weighted by Crippen LogP contribution is -2.15. The molecule has 1 heterocycles. The highest BCUT2D eigenvalue weighted by Crippen LogP contribution is 2.39. The molecule has 2 aromatic carbocycles. The summed E-state index contributed by atoms with van der Waals surface area (Å²) in [5, 5.41) is 3.21. The molecule has 4 heteroatoms. The molecule has 0 aromatic heterocycles. The first kappa shape index (κ1) is 16.4. The normalized spacial score (nSPS) is 14.5. The van der Waals surface area contributed by atoms with Crippen LogP contribution in [-0.2, 0) is 12.6 Å². The molecule has 1 N–H and O–H groups in total. The minimum absolute atomic E-state index is 0.195. The molecule has 0 radical (unpaired) electrons. The Morgan fingerprint density at radius 1 is 1.04 bits per heavy atom. The van der Waals surface area contributed by atoms with Crippen LogP contribution in [-0.4, -0.2) is 0 Å². The van der Waals surface area contributed by atoms with Gasteiger partial charge in [-0.25, -0.2) is 0 Å². The molecule has 2 aromatic rings. The number of alkyl halides is 3. The van der Waals surface area contributed by atoms with Crippen LogP contribution in [0.15, 0.2) is 60.3 Å². The Morgan fingerprint density at radius 2 is 1.75 bits per heavy atom. The van der Waals surface area contributed by atoms with Gasteiger partial charge in [0.15, 0.2) is 0 Å². The molecule has 0 saturated carbocycles. The second-order valence-electron chi connectivity index (χ2n) is 6.09. The maximum atomic E-state index is 13.2. The van der Waals surface area contributed by atoms with E-state index in [2.05, 4.69) is 11.9 Å². The van der Waals surface area contributed by atoms with E-state index in [1.807, 2.05) is 32.0 Å². The average Bonchev–Trinajstić information content (AvgIpc) is 2.52. The van der Waals surface area contributed by atoms with E-state index in [1.165, 1.54) is 12.1 Å². The van der Waals surface area contributed by atoms with Crippen LogP contribution in [0.25, 0.3) is 5.57 Å². The van der Waals surface area contributed by atoms with Gasteiger partial charge in [0, 0.05) is 23.4 Å². The summed E-state index contributed by atoms with van der Waals surface area (Å²) in [5.41, 5.74) is 5.17. The number of nitrogens with one attached hydrogen (secondary N) is 1. The van der Waals surface area contributed by atoms with Gasteiger partial charge in [-0.3, -0.25) is 0 Å². The van der Waals surface area contributed by atoms with Gasteiger partial charge in [0.2, 0.25) is 0 Å². The third-order valence-electron chi connectivity index (χ3n) is 4.37. The smallest absolute Gasteiger partial charge is 0.355 e. The topological polar surface area (TPSA) is 12.0 Å². The number of rotatable bonds is 2. The standard InChI is InChI=1S/C20H18F3N/c1-12-8-9-19-17(10-12)13(2)16(14(3)24-19)11-15-6-4-5-7-18(15)20(21,22)23/h4-10,24H,3,11H2,1-2H3. The van der Waals surface area contributed by atoms with Crippen LogP contribution in [0, 0.1) is 6.92 Å². The van der Waals surface area contributed by atoms with E-state index >= 15 is 0 Å². The van der Waals surface area contributed by atoms with E-state index in [9.17, 15) is 13.2 Å². The molecule has 1 aliphatic rings. The molecule has 0 bridgehead atoms. The van der Waals surface area contributed by atoms with Crippen molar-refractivity contribution in [3.8, 4) is 0 Å². The molecule has 1 nitrogen and oxygen atoms in total. The summed E-state index contributed by atoms with van der Waals surface area (Å²) in [5.74, 6) is 0. The molecule has 0 amide bonds. The lowest BCUT2D eigenvalue weighted by molar-refractivity contribution is -0.138. The summed E-state index contributed by atoms with van der Waals surface area (Å²) in [7, 11) is 0. The zero-order valence-corrected chi connectivity index (χ0v) is 13.6. The summed E-state index contributed by atoms with van der Waals surface area (Å²) in [6.07, 6.45) is -4.16. The van der Waals surface area contributed by atoms with Gasteiger partial charge in [-0.1, -0.05) is 36.4 Å². The van der Waals surface area contributed by atoms with Gasteiger partial charge in [-0.2, -0.15) is 13.2 Å².